The molecule has 0 aliphatic carbocycles. The maximum absolute atomic E-state index is 12.5. The molecule has 0 N–H and O–H groups in total. The van der Waals surface area contributed by atoms with Crippen LogP contribution in [0.25, 0.3) is 10.2 Å². The number of fused-ring (bicyclic) bond motifs is 1. The van der Waals surface area contributed by atoms with E-state index in [1.807, 2.05) is 37.4 Å². The molecular weight excluding hydrogens is 324 g/mol. The maximum Gasteiger partial charge on any atom is 0.211 e. The van der Waals surface area contributed by atoms with Gasteiger partial charge in [-0.2, -0.15) is 0 Å². The minimum atomic E-state index is -3.43. The van der Waals surface area contributed by atoms with Crippen LogP contribution in [0.15, 0.2) is 27.9 Å². The molecule has 0 bridgehead atoms. The van der Waals surface area contributed by atoms with Crippen molar-refractivity contribution in [1.29, 1.82) is 0 Å². The summed E-state index contributed by atoms with van der Waals surface area (Å²) < 4.78 is 26.0. The Morgan fingerprint density at radius 1 is 1.24 bits per heavy atom. The molecule has 0 unspecified atom stereocenters. The summed E-state index contributed by atoms with van der Waals surface area (Å²) in [5.41, 5.74) is 2.42. The average molecular weight is 338 g/mol. The molecule has 3 aromatic rings. The van der Waals surface area contributed by atoms with Gasteiger partial charge in [-0.05, 0) is 31.0 Å². The molecule has 0 amide bonds. The van der Waals surface area contributed by atoms with E-state index in [9.17, 15) is 8.42 Å². The van der Waals surface area contributed by atoms with Gasteiger partial charge in [-0.1, -0.05) is 13.0 Å². The second-order valence-electron chi connectivity index (χ2n) is 4.80. The monoisotopic (exact) mass is 338 g/mol. The van der Waals surface area contributed by atoms with Crippen LogP contribution in [0, 0.1) is 6.92 Å². The Hall–Kier alpha value is -1.31. The highest BCUT2D eigenvalue weighted by Gasteiger charge is 2.21. The van der Waals surface area contributed by atoms with Crippen molar-refractivity contribution in [3.8, 4) is 0 Å². The lowest BCUT2D eigenvalue weighted by Crippen LogP contribution is -2.04. The number of sulfone groups is 1. The highest BCUT2D eigenvalue weighted by molar-refractivity contribution is 7.92. The van der Waals surface area contributed by atoms with Crippen LogP contribution in [0.3, 0.4) is 0 Å². The lowest BCUT2D eigenvalue weighted by Gasteiger charge is -1.96. The zero-order valence-corrected chi connectivity index (χ0v) is 14.1. The zero-order chi connectivity index (χ0) is 15.0. The van der Waals surface area contributed by atoms with Crippen LogP contribution < -0.4 is 0 Å². The summed E-state index contributed by atoms with van der Waals surface area (Å²) in [6, 6.07) is 5.78. The third-order valence-corrected chi connectivity index (χ3v) is 7.21. The fourth-order valence-corrected chi connectivity index (χ4v) is 5.36. The average Bonchev–Trinajstić information content (AvgIpc) is 3.04. The van der Waals surface area contributed by atoms with Gasteiger partial charge in [0.25, 0.3) is 0 Å². The molecule has 0 spiro atoms. The molecule has 3 rings (SSSR count). The van der Waals surface area contributed by atoms with Gasteiger partial charge in [-0.25, -0.2) is 18.4 Å². The molecule has 0 aliphatic heterocycles. The molecule has 0 saturated heterocycles. The third kappa shape index (κ3) is 3.00. The predicted molar refractivity (Wildman–Crippen MR) is 86.7 cm³/mol. The maximum atomic E-state index is 12.5. The van der Waals surface area contributed by atoms with Gasteiger partial charge in [-0.3, -0.25) is 0 Å². The molecule has 0 radical (unpaired) electrons. The van der Waals surface area contributed by atoms with E-state index in [4.69, 9.17) is 0 Å². The highest BCUT2D eigenvalue weighted by Crippen LogP contribution is 2.28. The van der Waals surface area contributed by atoms with E-state index < -0.39 is 9.84 Å². The van der Waals surface area contributed by atoms with Crippen molar-refractivity contribution < 1.29 is 8.42 Å². The van der Waals surface area contributed by atoms with Crippen LogP contribution in [-0.2, 0) is 22.0 Å². The van der Waals surface area contributed by atoms with Crippen LogP contribution in [-0.4, -0.2) is 18.4 Å². The van der Waals surface area contributed by atoms with Crippen molar-refractivity contribution in [2.45, 2.75) is 30.4 Å². The Balaban J connectivity index is 1.95. The highest BCUT2D eigenvalue weighted by atomic mass is 32.2. The van der Waals surface area contributed by atoms with Gasteiger partial charge >= 0.3 is 0 Å². The van der Waals surface area contributed by atoms with Crippen LogP contribution in [0.2, 0.25) is 0 Å². The Labute approximate surface area is 131 Å². The molecule has 2 heterocycles. The Morgan fingerprint density at radius 3 is 2.76 bits per heavy atom. The molecule has 1 aromatic carbocycles. The summed E-state index contributed by atoms with van der Waals surface area (Å²) in [5, 5.41) is 2.77. The normalized spacial score (nSPS) is 12.1. The molecule has 21 heavy (non-hydrogen) atoms. The van der Waals surface area contributed by atoms with Gasteiger partial charge in [0.2, 0.25) is 14.2 Å². The first-order valence-electron chi connectivity index (χ1n) is 6.51. The van der Waals surface area contributed by atoms with E-state index in [1.165, 1.54) is 22.7 Å². The van der Waals surface area contributed by atoms with Gasteiger partial charge in [-0.15, -0.1) is 22.7 Å². The van der Waals surface area contributed by atoms with E-state index in [0.717, 1.165) is 27.2 Å². The number of aryl methyl sites for hydroxylation is 2. The largest absolute Gasteiger partial charge is 0.245 e. The van der Waals surface area contributed by atoms with Crippen molar-refractivity contribution >= 4 is 42.7 Å². The fourth-order valence-electron chi connectivity index (χ4n) is 1.98. The summed E-state index contributed by atoms with van der Waals surface area (Å²) in [6.45, 7) is 3.97. The van der Waals surface area contributed by atoms with Gasteiger partial charge in [0.05, 0.1) is 20.9 Å². The van der Waals surface area contributed by atoms with E-state index in [1.54, 1.807) is 0 Å². The Bertz CT molecular complexity index is 894. The van der Waals surface area contributed by atoms with Gasteiger partial charge < -0.3 is 0 Å². The lowest BCUT2D eigenvalue weighted by molar-refractivity contribution is 0.594. The number of benzene rings is 1. The molecule has 7 heteroatoms. The smallest absolute Gasteiger partial charge is 0.211 e. The summed E-state index contributed by atoms with van der Waals surface area (Å²) in [4.78, 5) is 8.60. The number of rotatable bonds is 4. The predicted octanol–water partition coefficient (Wildman–Crippen LogP) is 3.60. The van der Waals surface area contributed by atoms with E-state index in [-0.39, 0.29) is 10.1 Å². The quantitative estimate of drug-likeness (QED) is 0.729. The SMILES string of the molecule is CCc1nc(CS(=O)(=O)c2nc3cc(C)ccc3s2)cs1. The zero-order valence-electron chi connectivity index (χ0n) is 11.7. The number of thiazole rings is 2. The van der Waals surface area contributed by atoms with Crippen LogP contribution in [0.4, 0.5) is 0 Å². The lowest BCUT2D eigenvalue weighted by atomic mass is 10.2. The Kier molecular flexibility index (Phi) is 3.81. The van der Waals surface area contributed by atoms with Crippen molar-refractivity contribution in [2.24, 2.45) is 0 Å². The van der Waals surface area contributed by atoms with Crippen molar-refractivity contribution in [1.82, 2.24) is 9.97 Å². The van der Waals surface area contributed by atoms with Crippen molar-refractivity contribution in [3.63, 3.8) is 0 Å². The van der Waals surface area contributed by atoms with Crippen molar-refractivity contribution in [3.05, 3.63) is 39.8 Å². The topological polar surface area (TPSA) is 59.9 Å². The molecule has 110 valence electrons. The second-order valence-corrected chi connectivity index (χ2v) is 8.93. The van der Waals surface area contributed by atoms with E-state index in [2.05, 4.69) is 9.97 Å². The van der Waals surface area contributed by atoms with Crippen LogP contribution in [0.5, 0.6) is 0 Å². The third-order valence-electron chi connectivity index (χ3n) is 3.03. The van der Waals surface area contributed by atoms with Gasteiger partial charge in [0.1, 0.15) is 5.75 Å². The molecule has 0 saturated carbocycles. The van der Waals surface area contributed by atoms with E-state index in [0.29, 0.717) is 5.69 Å². The van der Waals surface area contributed by atoms with E-state index >= 15 is 0 Å². The fraction of sp³-hybridized carbons (Fsp3) is 0.286. The molecule has 0 fully saturated rings. The number of aromatic nitrogens is 2. The summed E-state index contributed by atoms with van der Waals surface area (Å²) >= 11 is 2.72. The molecule has 2 aromatic heterocycles. The second kappa shape index (κ2) is 5.47. The molecular formula is C14H14N2O2S3. The minimum absolute atomic E-state index is 0.0810. The standard InChI is InChI=1S/C14H14N2O2S3/c1-3-13-15-10(7-19-13)8-21(17,18)14-16-11-6-9(2)4-5-12(11)20-14/h4-7H,3,8H2,1-2H3. The molecule has 0 aliphatic rings. The van der Waals surface area contributed by atoms with Gasteiger partial charge in [0.15, 0.2) is 0 Å². The Morgan fingerprint density at radius 2 is 2.05 bits per heavy atom. The summed E-state index contributed by atoms with van der Waals surface area (Å²) in [6.07, 6.45) is 0.825. The molecule has 4 nitrogen and oxygen atoms in total. The molecule has 0 atom stereocenters. The minimum Gasteiger partial charge on any atom is -0.245 e. The van der Waals surface area contributed by atoms with Crippen LogP contribution >= 0.6 is 22.7 Å². The first kappa shape index (κ1) is 14.6. The number of nitrogens with zero attached hydrogens (tertiary/aromatic N) is 2. The summed E-state index contributed by atoms with van der Waals surface area (Å²) in [5.74, 6) is -0.0810. The number of hydrogen-bond acceptors (Lipinski definition) is 6. The van der Waals surface area contributed by atoms with Gasteiger partial charge in [0, 0.05) is 5.38 Å². The summed E-state index contributed by atoms with van der Waals surface area (Å²) in [7, 11) is -3.43. The number of hydrogen-bond donors (Lipinski definition) is 0. The van der Waals surface area contributed by atoms with Crippen molar-refractivity contribution in [2.75, 3.05) is 0 Å². The first-order chi connectivity index (χ1) is 9.98. The van der Waals surface area contributed by atoms with Crippen LogP contribution in [0.1, 0.15) is 23.2 Å². The first-order valence-corrected chi connectivity index (χ1v) is 9.86.